The minimum Gasteiger partial charge on any atom is -0.463 e. The van der Waals surface area contributed by atoms with Crippen molar-refractivity contribution >= 4 is 58.3 Å². The van der Waals surface area contributed by atoms with E-state index in [0.717, 1.165) is 12.2 Å². The molecule has 24 heavy (non-hydrogen) atoms. The minimum absolute atomic E-state index is 0.140. The van der Waals surface area contributed by atoms with E-state index in [0.29, 0.717) is 5.02 Å². The summed E-state index contributed by atoms with van der Waals surface area (Å²) in [5, 5.41) is 3.03. The van der Waals surface area contributed by atoms with Crippen molar-refractivity contribution in [2.24, 2.45) is 0 Å². The van der Waals surface area contributed by atoms with Crippen LogP contribution >= 0.6 is 34.8 Å². The maximum Gasteiger partial charge on any atom is 0.331 e. The first kappa shape index (κ1) is 20.3. The van der Waals surface area contributed by atoms with E-state index in [9.17, 15) is 14.4 Å². The van der Waals surface area contributed by atoms with Crippen molar-refractivity contribution in [2.75, 3.05) is 11.9 Å². The van der Waals surface area contributed by atoms with Gasteiger partial charge in [0.2, 0.25) is 0 Å². The summed E-state index contributed by atoms with van der Waals surface area (Å²) in [7, 11) is 0. The van der Waals surface area contributed by atoms with Gasteiger partial charge in [0.25, 0.3) is 5.91 Å². The summed E-state index contributed by atoms with van der Waals surface area (Å²) in [6.45, 7) is 3.16. The summed E-state index contributed by atoms with van der Waals surface area (Å²) in [5.41, 5.74) is 0.151. The van der Waals surface area contributed by atoms with Crippen LogP contribution in [-0.2, 0) is 23.9 Å². The first-order valence-corrected chi connectivity index (χ1v) is 7.88. The Hall–Kier alpha value is -1.76. The first-order valence-electron chi connectivity index (χ1n) is 6.75. The number of amides is 1. The molecular weight excluding hydrogens is 381 g/mol. The third kappa shape index (κ3) is 6.39. The molecule has 0 aliphatic heterocycles. The number of esters is 2. The van der Waals surface area contributed by atoms with Gasteiger partial charge >= 0.3 is 11.9 Å². The van der Waals surface area contributed by atoms with Gasteiger partial charge in [-0.05, 0) is 26.0 Å². The summed E-state index contributed by atoms with van der Waals surface area (Å²) >= 11 is 17.7. The van der Waals surface area contributed by atoms with Gasteiger partial charge in [0, 0.05) is 17.2 Å². The van der Waals surface area contributed by atoms with Crippen LogP contribution in [0, 0.1) is 0 Å². The Bertz CT molecular complexity index is 652. The molecule has 0 spiro atoms. The number of nitrogens with one attached hydrogen (secondary N) is 1. The van der Waals surface area contributed by atoms with E-state index in [1.807, 2.05) is 0 Å². The van der Waals surface area contributed by atoms with Crippen molar-refractivity contribution in [3.63, 3.8) is 0 Å². The predicted octanol–water partition coefficient (Wildman–Crippen LogP) is 3.64. The maximum absolute atomic E-state index is 12.0. The number of hydrogen-bond acceptors (Lipinski definition) is 5. The van der Waals surface area contributed by atoms with Gasteiger partial charge in [0.05, 0.1) is 22.3 Å². The fourth-order valence-corrected chi connectivity index (χ4v) is 2.39. The second-order valence-corrected chi connectivity index (χ2v) is 5.65. The average Bonchev–Trinajstić information content (AvgIpc) is 2.48. The quantitative estimate of drug-likeness (QED) is 0.588. The molecule has 9 heteroatoms. The summed E-state index contributed by atoms with van der Waals surface area (Å²) in [6, 6.07) is 2.81. The van der Waals surface area contributed by atoms with Crippen LogP contribution in [0.1, 0.15) is 13.8 Å². The van der Waals surface area contributed by atoms with Gasteiger partial charge in [-0.15, -0.1) is 0 Å². The Balaban J connectivity index is 2.66. The van der Waals surface area contributed by atoms with Crippen molar-refractivity contribution in [3.05, 3.63) is 39.4 Å². The lowest BCUT2D eigenvalue weighted by molar-refractivity contribution is -0.148. The molecule has 6 nitrogen and oxygen atoms in total. The van der Waals surface area contributed by atoms with Crippen LogP contribution in [-0.4, -0.2) is 30.6 Å². The minimum atomic E-state index is -1.15. The Morgan fingerprint density at radius 1 is 1.12 bits per heavy atom. The van der Waals surface area contributed by atoms with Gasteiger partial charge in [-0.3, -0.25) is 4.79 Å². The van der Waals surface area contributed by atoms with E-state index in [-0.39, 0.29) is 22.3 Å². The van der Waals surface area contributed by atoms with E-state index < -0.39 is 23.9 Å². The van der Waals surface area contributed by atoms with Crippen LogP contribution in [0.2, 0.25) is 15.1 Å². The van der Waals surface area contributed by atoms with E-state index in [1.165, 1.54) is 19.1 Å². The molecule has 0 aromatic heterocycles. The Morgan fingerprint density at radius 3 is 2.21 bits per heavy atom. The molecule has 0 aliphatic rings. The van der Waals surface area contributed by atoms with Gasteiger partial charge < -0.3 is 14.8 Å². The van der Waals surface area contributed by atoms with Crippen LogP contribution in [0.5, 0.6) is 0 Å². The smallest absolute Gasteiger partial charge is 0.331 e. The fourth-order valence-electron chi connectivity index (χ4n) is 1.48. The molecule has 0 radical (unpaired) electrons. The molecule has 0 bridgehead atoms. The summed E-state index contributed by atoms with van der Waals surface area (Å²) < 4.78 is 9.47. The number of anilines is 1. The van der Waals surface area contributed by atoms with Crippen molar-refractivity contribution in [1.82, 2.24) is 0 Å². The van der Waals surface area contributed by atoms with Crippen LogP contribution in [0.4, 0.5) is 5.69 Å². The molecule has 0 aliphatic carbocycles. The largest absolute Gasteiger partial charge is 0.463 e. The van der Waals surface area contributed by atoms with Crippen molar-refractivity contribution < 1.29 is 23.9 Å². The van der Waals surface area contributed by atoms with Crippen molar-refractivity contribution in [2.45, 2.75) is 20.0 Å². The molecular formula is C15H14Cl3NO5. The second kappa shape index (κ2) is 9.52. The molecule has 1 amide bonds. The van der Waals surface area contributed by atoms with E-state index in [1.54, 1.807) is 6.92 Å². The lowest BCUT2D eigenvalue weighted by atomic mass is 10.3. The number of rotatable bonds is 6. The normalized spacial score (nSPS) is 11.9. The van der Waals surface area contributed by atoms with E-state index in [4.69, 9.17) is 39.5 Å². The zero-order valence-corrected chi connectivity index (χ0v) is 15.0. The SMILES string of the molecule is CCOC(=O)/C=C/C(=O)O[C@@H](C)C(=O)Nc1c(Cl)cc(Cl)cc1Cl. The van der Waals surface area contributed by atoms with Crippen LogP contribution < -0.4 is 5.32 Å². The fraction of sp³-hybridized carbons (Fsp3) is 0.267. The third-order valence-electron chi connectivity index (χ3n) is 2.56. The van der Waals surface area contributed by atoms with Gasteiger partial charge in [0.15, 0.2) is 6.10 Å². The predicted molar refractivity (Wildman–Crippen MR) is 91.4 cm³/mol. The summed E-state index contributed by atoms with van der Waals surface area (Å²) in [4.78, 5) is 34.6. The number of benzene rings is 1. The van der Waals surface area contributed by atoms with Crippen LogP contribution in [0.25, 0.3) is 0 Å². The molecule has 1 atom stereocenters. The molecule has 1 N–H and O–H groups in total. The molecule has 1 aromatic rings. The van der Waals surface area contributed by atoms with Crippen LogP contribution in [0.15, 0.2) is 24.3 Å². The van der Waals surface area contributed by atoms with Gasteiger partial charge in [0.1, 0.15) is 0 Å². The standard InChI is InChI=1S/C15H14Cl3NO5/c1-3-23-12(20)4-5-13(21)24-8(2)15(22)19-14-10(17)6-9(16)7-11(14)18/h4-8H,3H2,1-2H3,(H,19,22)/b5-4+/t8-/m0/s1. The number of ether oxygens (including phenoxy) is 2. The number of carbonyl (C=O) groups excluding carboxylic acids is 3. The molecule has 1 rings (SSSR count). The van der Waals surface area contributed by atoms with Gasteiger partial charge in [-0.2, -0.15) is 0 Å². The van der Waals surface area contributed by atoms with Crippen molar-refractivity contribution in [3.8, 4) is 0 Å². The molecule has 0 heterocycles. The Morgan fingerprint density at radius 2 is 1.67 bits per heavy atom. The monoisotopic (exact) mass is 393 g/mol. The number of halogens is 3. The lowest BCUT2D eigenvalue weighted by Crippen LogP contribution is -2.29. The number of carbonyl (C=O) groups is 3. The van der Waals surface area contributed by atoms with Gasteiger partial charge in [-0.25, -0.2) is 9.59 Å². The Labute approximate surface area is 153 Å². The lowest BCUT2D eigenvalue weighted by Gasteiger charge is -2.14. The van der Waals surface area contributed by atoms with Crippen LogP contribution in [0.3, 0.4) is 0 Å². The van der Waals surface area contributed by atoms with Gasteiger partial charge in [-0.1, -0.05) is 34.8 Å². The van der Waals surface area contributed by atoms with E-state index >= 15 is 0 Å². The van der Waals surface area contributed by atoms with E-state index in [2.05, 4.69) is 10.1 Å². The summed E-state index contributed by atoms with van der Waals surface area (Å²) in [5.74, 6) is -2.22. The topological polar surface area (TPSA) is 81.7 Å². The molecule has 130 valence electrons. The number of hydrogen-bond donors (Lipinski definition) is 1. The third-order valence-corrected chi connectivity index (χ3v) is 3.37. The molecule has 0 saturated heterocycles. The highest BCUT2D eigenvalue weighted by atomic mass is 35.5. The maximum atomic E-state index is 12.0. The molecule has 1 aromatic carbocycles. The second-order valence-electron chi connectivity index (χ2n) is 4.40. The molecule has 0 saturated carbocycles. The average molecular weight is 395 g/mol. The zero-order chi connectivity index (χ0) is 18.3. The summed E-state index contributed by atoms with van der Waals surface area (Å²) in [6.07, 6.45) is 0.625. The zero-order valence-electron chi connectivity index (χ0n) is 12.8. The highest BCUT2D eigenvalue weighted by molar-refractivity contribution is 6.42. The first-order chi connectivity index (χ1) is 11.2. The van der Waals surface area contributed by atoms with Crippen molar-refractivity contribution in [1.29, 1.82) is 0 Å². The molecule has 0 unspecified atom stereocenters. The highest BCUT2D eigenvalue weighted by Gasteiger charge is 2.19. The molecule has 0 fully saturated rings. The highest BCUT2D eigenvalue weighted by Crippen LogP contribution is 2.33. The Kier molecular flexibility index (Phi) is 8.04.